The summed E-state index contributed by atoms with van der Waals surface area (Å²) in [6.07, 6.45) is -1.10. The summed E-state index contributed by atoms with van der Waals surface area (Å²) in [6.45, 7) is 2.94. The van der Waals surface area contributed by atoms with Crippen LogP contribution >= 0.6 is 15.9 Å². The summed E-state index contributed by atoms with van der Waals surface area (Å²) < 4.78 is 10.9. The lowest BCUT2D eigenvalue weighted by molar-refractivity contribution is -0.156. The Kier molecular flexibility index (Phi) is 6.84. The van der Waals surface area contributed by atoms with E-state index in [1.54, 1.807) is 6.07 Å². The molecule has 1 rings (SSSR count). The first kappa shape index (κ1) is 18.0. The minimum Gasteiger partial charge on any atom is -0.481 e. The van der Waals surface area contributed by atoms with Crippen LogP contribution in [-0.4, -0.2) is 37.7 Å². The SMILES string of the molecule is CNC(=O)NC(=O)[C@H](C)OC(=O)COc1ccc(C)cc1Br. The molecule has 1 atom stereocenters. The predicted octanol–water partition coefficient (Wildman–Crippen LogP) is 1.52. The second-order valence-corrected chi connectivity index (χ2v) is 5.28. The molecule has 1 aromatic carbocycles. The number of aryl methyl sites for hydroxylation is 1. The Labute approximate surface area is 136 Å². The molecule has 8 heteroatoms. The van der Waals surface area contributed by atoms with Crippen molar-refractivity contribution in [2.45, 2.75) is 20.0 Å². The van der Waals surface area contributed by atoms with E-state index in [2.05, 4.69) is 21.2 Å². The zero-order chi connectivity index (χ0) is 16.7. The fourth-order valence-corrected chi connectivity index (χ4v) is 2.03. The Morgan fingerprint density at radius 2 is 2.00 bits per heavy atom. The van der Waals surface area contributed by atoms with Crippen LogP contribution in [0.1, 0.15) is 12.5 Å². The number of carbonyl (C=O) groups is 3. The monoisotopic (exact) mass is 372 g/mol. The molecule has 0 aliphatic heterocycles. The van der Waals surface area contributed by atoms with E-state index in [4.69, 9.17) is 9.47 Å². The largest absolute Gasteiger partial charge is 0.481 e. The highest BCUT2D eigenvalue weighted by Crippen LogP contribution is 2.25. The van der Waals surface area contributed by atoms with Gasteiger partial charge in [0.15, 0.2) is 12.7 Å². The van der Waals surface area contributed by atoms with Crippen molar-refractivity contribution >= 4 is 33.8 Å². The smallest absolute Gasteiger partial charge is 0.344 e. The van der Waals surface area contributed by atoms with Gasteiger partial charge >= 0.3 is 12.0 Å². The Hall–Kier alpha value is -2.09. The number of esters is 1. The maximum absolute atomic E-state index is 11.6. The summed E-state index contributed by atoms with van der Waals surface area (Å²) >= 11 is 3.32. The molecule has 0 heterocycles. The molecule has 0 radical (unpaired) electrons. The van der Waals surface area contributed by atoms with Crippen molar-refractivity contribution in [3.8, 4) is 5.75 Å². The Morgan fingerprint density at radius 3 is 2.59 bits per heavy atom. The van der Waals surface area contributed by atoms with Gasteiger partial charge in [0, 0.05) is 7.05 Å². The van der Waals surface area contributed by atoms with E-state index in [0.717, 1.165) is 5.56 Å². The van der Waals surface area contributed by atoms with E-state index >= 15 is 0 Å². The van der Waals surface area contributed by atoms with Gasteiger partial charge in [-0.15, -0.1) is 0 Å². The van der Waals surface area contributed by atoms with Gasteiger partial charge in [0.05, 0.1) is 4.47 Å². The third-order valence-electron chi connectivity index (χ3n) is 2.57. The topological polar surface area (TPSA) is 93.7 Å². The van der Waals surface area contributed by atoms with E-state index < -0.39 is 24.0 Å². The first-order valence-corrected chi connectivity index (χ1v) is 7.23. The number of carbonyl (C=O) groups excluding carboxylic acids is 3. The van der Waals surface area contributed by atoms with Crippen LogP contribution in [0.5, 0.6) is 5.75 Å². The van der Waals surface area contributed by atoms with Crippen LogP contribution in [0.15, 0.2) is 22.7 Å². The molecule has 3 amide bonds. The number of halogens is 1. The van der Waals surface area contributed by atoms with Crippen molar-refractivity contribution in [3.63, 3.8) is 0 Å². The summed E-state index contributed by atoms with van der Waals surface area (Å²) in [5.41, 5.74) is 1.04. The highest BCUT2D eigenvalue weighted by molar-refractivity contribution is 9.10. The van der Waals surface area contributed by atoms with E-state index in [9.17, 15) is 14.4 Å². The highest BCUT2D eigenvalue weighted by atomic mass is 79.9. The minimum absolute atomic E-state index is 0.348. The molecule has 0 unspecified atom stereocenters. The van der Waals surface area contributed by atoms with Crippen molar-refractivity contribution < 1.29 is 23.9 Å². The molecule has 0 saturated carbocycles. The first-order chi connectivity index (χ1) is 10.3. The Balaban J connectivity index is 2.45. The van der Waals surface area contributed by atoms with E-state index in [1.165, 1.54) is 14.0 Å². The van der Waals surface area contributed by atoms with Crippen LogP contribution in [0, 0.1) is 6.92 Å². The third-order valence-corrected chi connectivity index (χ3v) is 3.19. The van der Waals surface area contributed by atoms with Crippen LogP contribution in [0.2, 0.25) is 0 Å². The van der Waals surface area contributed by atoms with Gasteiger partial charge in [0.2, 0.25) is 0 Å². The lowest BCUT2D eigenvalue weighted by Crippen LogP contribution is -2.43. The third kappa shape index (κ3) is 5.72. The number of ether oxygens (including phenoxy) is 2. The summed E-state index contributed by atoms with van der Waals surface area (Å²) in [5.74, 6) is -0.943. The molecule has 0 spiro atoms. The van der Waals surface area contributed by atoms with Gasteiger partial charge in [-0.05, 0) is 47.5 Å². The van der Waals surface area contributed by atoms with Gasteiger partial charge in [0.25, 0.3) is 5.91 Å². The van der Waals surface area contributed by atoms with E-state index in [0.29, 0.717) is 10.2 Å². The van der Waals surface area contributed by atoms with Crippen LogP contribution < -0.4 is 15.4 Å². The molecule has 0 saturated heterocycles. The maximum atomic E-state index is 11.6. The Morgan fingerprint density at radius 1 is 1.32 bits per heavy atom. The quantitative estimate of drug-likeness (QED) is 0.764. The number of amides is 3. The molecule has 1 aromatic rings. The highest BCUT2D eigenvalue weighted by Gasteiger charge is 2.19. The van der Waals surface area contributed by atoms with Crippen molar-refractivity contribution in [1.82, 2.24) is 10.6 Å². The summed E-state index contributed by atoms with van der Waals surface area (Å²) in [7, 11) is 1.37. The molecule has 0 fully saturated rings. The normalized spacial score (nSPS) is 11.3. The molecule has 0 bridgehead atoms. The second kappa shape index (κ2) is 8.38. The van der Waals surface area contributed by atoms with Gasteiger partial charge in [-0.25, -0.2) is 9.59 Å². The molecule has 22 heavy (non-hydrogen) atoms. The maximum Gasteiger partial charge on any atom is 0.344 e. The zero-order valence-corrected chi connectivity index (χ0v) is 14.0. The predicted molar refractivity (Wildman–Crippen MR) is 82.5 cm³/mol. The van der Waals surface area contributed by atoms with Crippen LogP contribution in [0.25, 0.3) is 0 Å². The molecule has 0 aliphatic rings. The van der Waals surface area contributed by atoms with Crippen molar-refractivity contribution in [3.05, 3.63) is 28.2 Å². The van der Waals surface area contributed by atoms with Crippen molar-refractivity contribution in [1.29, 1.82) is 0 Å². The number of imide groups is 1. The van der Waals surface area contributed by atoms with Gasteiger partial charge < -0.3 is 14.8 Å². The molecule has 7 nitrogen and oxygen atoms in total. The van der Waals surface area contributed by atoms with Crippen molar-refractivity contribution in [2.24, 2.45) is 0 Å². The standard InChI is InChI=1S/C14H17BrN2O5/c1-8-4-5-11(10(15)6-8)21-7-12(18)22-9(2)13(19)17-14(20)16-3/h4-6,9H,7H2,1-3H3,(H2,16,17,19,20)/t9-/m0/s1. The van der Waals surface area contributed by atoms with Crippen molar-refractivity contribution in [2.75, 3.05) is 13.7 Å². The number of hydrogen-bond donors (Lipinski definition) is 2. The lowest BCUT2D eigenvalue weighted by Gasteiger charge is -2.13. The number of nitrogens with one attached hydrogen (secondary N) is 2. The Bertz CT molecular complexity index is 576. The number of urea groups is 1. The summed E-state index contributed by atoms with van der Waals surface area (Å²) in [6, 6.07) is 4.73. The van der Waals surface area contributed by atoms with Gasteiger partial charge in [-0.1, -0.05) is 6.07 Å². The fraction of sp³-hybridized carbons (Fsp3) is 0.357. The number of rotatable bonds is 5. The minimum atomic E-state index is -1.10. The second-order valence-electron chi connectivity index (χ2n) is 4.42. The van der Waals surface area contributed by atoms with E-state index in [-0.39, 0.29) is 6.61 Å². The molecule has 2 N–H and O–H groups in total. The molecular weight excluding hydrogens is 356 g/mol. The molecule has 120 valence electrons. The average Bonchev–Trinajstić information content (AvgIpc) is 2.45. The number of benzene rings is 1. The zero-order valence-electron chi connectivity index (χ0n) is 12.4. The van der Waals surface area contributed by atoms with Gasteiger partial charge in [-0.3, -0.25) is 10.1 Å². The molecular formula is C14H17BrN2O5. The average molecular weight is 373 g/mol. The molecule has 0 aromatic heterocycles. The van der Waals surface area contributed by atoms with E-state index in [1.807, 2.05) is 24.4 Å². The first-order valence-electron chi connectivity index (χ1n) is 6.44. The van der Waals surface area contributed by atoms with Gasteiger partial charge in [0.1, 0.15) is 5.75 Å². The summed E-state index contributed by atoms with van der Waals surface area (Å²) in [5, 5.41) is 4.23. The number of hydrogen-bond acceptors (Lipinski definition) is 5. The van der Waals surface area contributed by atoms with Crippen LogP contribution in [0.4, 0.5) is 4.79 Å². The summed E-state index contributed by atoms with van der Waals surface area (Å²) in [4.78, 5) is 34.1. The van der Waals surface area contributed by atoms with Crippen LogP contribution in [0.3, 0.4) is 0 Å². The molecule has 0 aliphatic carbocycles. The fourth-order valence-electron chi connectivity index (χ4n) is 1.42. The van der Waals surface area contributed by atoms with Gasteiger partial charge in [-0.2, -0.15) is 0 Å². The van der Waals surface area contributed by atoms with Crippen LogP contribution in [-0.2, 0) is 14.3 Å². The lowest BCUT2D eigenvalue weighted by atomic mass is 10.2.